The summed E-state index contributed by atoms with van der Waals surface area (Å²) in [5, 5.41) is 4.07. The van der Waals surface area contributed by atoms with E-state index in [9.17, 15) is 9.18 Å². The van der Waals surface area contributed by atoms with Crippen molar-refractivity contribution in [3.63, 3.8) is 0 Å². The first-order valence-corrected chi connectivity index (χ1v) is 11.5. The number of hydrogen-bond acceptors (Lipinski definition) is 5. The molecule has 1 saturated heterocycles. The first-order chi connectivity index (χ1) is 14.1. The Morgan fingerprint density at radius 2 is 1.97 bits per heavy atom. The zero-order valence-electron chi connectivity index (χ0n) is 17.2. The van der Waals surface area contributed by atoms with Gasteiger partial charge in [0.25, 0.3) is 0 Å². The second kappa shape index (κ2) is 11.2. The molecule has 5 nitrogen and oxygen atoms in total. The van der Waals surface area contributed by atoms with Crippen molar-refractivity contribution in [2.45, 2.75) is 58.3 Å². The van der Waals surface area contributed by atoms with E-state index in [0.29, 0.717) is 18.8 Å². The quantitative estimate of drug-likeness (QED) is 0.574. The van der Waals surface area contributed by atoms with Gasteiger partial charge in [-0.15, -0.1) is 0 Å². The van der Waals surface area contributed by atoms with Crippen molar-refractivity contribution in [3.05, 3.63) is 41.5 Å². The third-order valence-corrected chi connectivity index (χ3v) is 6.28. The molecule has 7 heteroatoms. The molecule has 3 rings (SSSR count). The zero-order chi connectivity index (χ0) is 20.5. The molecule has 1 fully saturated rings. The molecule has 1 aromatic carbocycles. The van der Waals surface area contributed by atoms with E-state index in [2.05, 4.69) is 26.5 Å². The van der Waals surface area contributed by atoms with E-state index in [-0.39, 0.29) is 11.7 Å². The lowest BCUT2D eigenvalue weighted by Crippen LogP contribution is -2.38. The van der Waals surface area contributed by atoms with Crippen molar-refractivity contribution >= 4 is 22.6 Å². The Kier molecular flexibility index (Phi) is 8.40. The summed E-state index contributed by atoms with van der Waals surface area (Å²) in [6.45, 7) is 4.86. The molecule has 0 spiro atoms. The number of hydrogen-bond donors (Lipinski definition) is 1. The average Bonchev–Trinajstić information content (AvgIpc) is 3.20. The van der Waals surface area contributed by atoms with Crippen molar-refractivity contribution in [2.75, 3.05) is 24.5 Å². The predicted molar refractivity (Wildman–Crippen MR) is 116 cm³/mol. The molecule has 0 radical (unpaired) electrons. The van der Waals surface area contributed by atoms with Gasteiger partial charge in [0.2, 0.25) is 11.0 Å². The average molecular weight is 419 g/mol. The van der Waals surface area contributed by atoms with Gasteiger partial charge in [-0.1, -0.05) is 38.3 Å². The SMILES string of the molecule is CCCCCCC(=O)NCC1CCN(c2nc(Cc3ccc(F)cc3)ns2)CC1. The van der Waals surface area contributed by atoms with E-state index in [0.717, 1.165) is 61.8 Å². The lowest BCUT2D eigenvalue weighted by atomic mass is 9.97. The van der Waals surface area contributed by atoms with Gasteiger partial charge in [0, 0.05) is 44.0 Å². The van der Waals surface area contributed by atoms with Gasteiger partial charge in [-0.25, -0.2) is 9.37 Å². The fourth-order valence-corrected chi connectivity index (χ4v) is 4.35. The number of benzene rings is 1. The molecular formula is C22H31FN4OS. The van der Waals surface area contributed by atoms with Crippen molar-refractivity contribution < 1.29 is 9.18 Å². The third kappa shape index (κ3) is 7.07. The molecule has 29 heavy (non-hydrogen) atoms. The summed E-state index contributed by atoms with van der Waals surface area (Å²) in [4.78, 5) is 18.9. The number of nitrogens with one attached hydrogen (secondary N) is 1. The highest BCUT2D eigenvalue weighted by molar-refractivity contribution is 7.09. The molecule has 2 aromatic rings. The van der Waals surface area contributed by atoms with Crippen LogP contribution in [0.25, 0.3) is 0 Å². The standard InChI is InChI=1S/C22H31FN4OS/c1-2-3-4-5-6-21(28)24-16-18-11-13-27(14-12-18)22-25-20(26-29-22)15-17-7-9-19(23)10-8-17/h7-10,18H,2-6,11-16H2,1H3,(H,24,28). The maximum absolute atomic E-state index is 13.0. The highest BCUT2D eigenvalue weighted by Gasteiger charge is 2.22. The summed E-state index contributed by atoms with van der Waals surface area (Å²) in [7, 11) is 0. The smallest absolute Gasteiger partial charge is 0.220 e. The van der Waals surface area contributed by atoms with E-state index in [1.54, 1.807) is 12.1 Å². The Labute approximate surface area is 176 Å². The fourth-order valence-electron chi connectivity index (χ4n) is 3.62. The van der Waals surface area contributed by atoms with Crippen LogP contribution < -0.4 is 10.2 Å². The highest BCUT2D eigenvalue weighted by atomic mass is 32.1. The van der Waals surface area contributed by atoms with Crippen molar-refractivity contribution in [2.24, 2.45) is 5.92 Å². The first-order valence-electron chi connectivity index (χ1n) is 10.7. The Hall–Kier alpha value is -2.02. The van der Waals surface area contributed by atoms with E-state index < -0.39 is 0 Å². The van der Waals surface area contributed by atoms with Gasteiger partial charge in [0.15, 0.2) is 0 Å². The number of anilines is 1. The number of halogens is 1. The molecule has 0 saturated carbocycles. The third-order valence-electron chi connectivity index (χ3n) is 5.46. The van der Waals surface area contributed by atoms with Gasteiger partial charge in [-0.05, 0) is 42.9 Å². The minimum Gasteiger partial charge on any atom is -0.356 e. The number of rotatable bonds is 10. The molecule has 1 aliphatic heterocycles. The molecule has 1 N–H and O–H groups in total. The van der Waals surface area contributed by atoms with Crippen LogP contribution in [0.3, 0.4) is 0 Å². The van der Waals surface area contributed by atoms with Crippen LogP contribution in [0.15, 0.2) is 24.3 Å². The molecule has 2 heterocycles. The summed E-state index contributed by atoms with van der Waals surface area (Å²) < 4.78 is 17.5. The zero-order valence-corrected chi connectivity index (χ0v) is 18.0. The first kappa shape index (κ1) is 21.7. The topological polar surface area (TPSA) is 58.1 Å². The maximum atomic E-state index is 13.0. The molecule has 0 unspecified atom stereocenters. The van der Waals surface area contributed by atoms with Crippen molar-refractivity contribution in [3.8, 4) is 0 Å². The van der Waals surface area contributed by atoms with E-state index in [1.807, 2.05) is 0 Å². The summed E-state index contributed by atoms with van der Waals surface area (Å²) in [5.41, 5.74) is 1.01. The molecule has 0 bridgehead atoms. The second-order valence-corrected chi connectivity index (χ2v) is 8.57. The lowest BCUT2D eigenvalue weighted by molar-refractivity contribution is -0.121. The minimum atomic E-state index is -0.226. The summed E-state index contributed by atoms with van der Waals surface area (Å²) in [6.07, 6.45) is 7.94. The van der Waals surface area contributed by atoms with Gasteiger partial charge in [0.05, 0.1) is 0 Å². The van der Waals surface area contributed by atoms with Crippen LogP contribution in [0.5, 0.6) is 0 Å². The number of unbranched alkanes of at least 4 members (excludes halogenated alkanes) is 3. The number of carbonyl (C=O) groups excluding carboxylic acids is 1. The number of aromatic nitrogens is 2. The van der Waals surface area contributed by atoms with Gasteiger partial charge in [0.1, 0.15) is 11.6 Å². The van der Waals surface area contributed by atoms with Gasteiger partial charge in [-0.3, -0.25) is 4.79 Å². The monoisotopic (exact) mass is 418 g/mol. The molecule has 158 valence electrons. The predicted octanol–water partition coefficient (Wildman–Crippen LogP) is 4.57. The second-order valence-electron chi connectivity index (χ2n) is 7.84. The highest BCUT2D eigenvalue weighted by Crippen LogP contribution is 2.25. The lowest BCUT2D eigenvalue weighted by Gasteiger charge is -2.31. The Morgan fingerprint density at radius 1 is 1.21 bits per heavy atom. The summed E-state index contributed by atoms with van der Waals surface area (Å²) in [6, 6.07) is 6.49. The van der Waals surface area contributed by atoms with Crippen LogP contribution in [-0.4, -0.2) is 34.9 Å². The van der Waals surface area contributed by atoms with Crippen LogP contribution in [0.1, 0.15) is 63.3 Å². The van der Waals surface area contributed by atoms with Gasteiger partial charge in [-0.2, -0.15) is 4.37 Å². The van der Waals surface area contributed by atoms with Crippen LogP contribution in [0, 0.1) is 11.7 Å². The number of nitrogens with zero attached hydrogens (tertiary/aromatic N) is 3. The largest absolute Gasteiger partial charge is 0.356 e. The van der Waals surface area contributed by atoms with Gasteiger partial charge < -0.3 is 10.2 Å². The van der Waals surface area contributed by atoms with Crippen LogP contribution in [-0.2, 0) is 11.2 Å². The summed E-state index contributed by atoms with van der Waals surface area (Å²) in [5.74, 6) is 1.29. The Bertz CT molecular complexity index is 756. The molecular weight excluding hydrogens is 387 g/mol. The van der Waals surface area contributed by atoms with Crippen LogP contribution >= 0.6 is 11.5 Å². The molecule has 0 atom stereocenters. The van der Waals surface area contributed by atoms with Crippen LogP contribution in [0.2, 0.25) is 0 Å². The van der Waals surface area contributed by atoms with E-state index >= 15 is 0 Å². The molecule has 1 aliphatic rings. The normalized spacial score (nSPS) is 14.9. The number of amides is 1. The van der Waals surface area contributed by atoms with Crippen LogP contribution in [0.4, 0.5) is 9.52 Å². The minimum absolute atomic E-state index is 0.193. The van der Waals surface area contributed by atoms with Gasteiger partial charge >= 0.3 is 0 Å². The Balaban J connectivity index is 1.38. The van der Waals surface area contributed by atoms with E-state index in [1.165, 1.54) is 36.5 Å². The molecule has 1 amide bonds. The van der Waals surface area contributed by atoms with Crippen molar-refractivity contribution in [1.82, 2.24) is 14.7 Å². The van der Waals surface area contributed by atoms with Crippen molar-refractivity contribution in [1.29, 1.82) is 0 Å². The summed E-state index contributed by atoms with van der Waals surface area (Å²) >= 11 is 1.43. The molecule has 0 aliphatic carbocycles. The van der Waals surface area contributed by atoms with E-state index in [4.69, 9.17) is 0 Å². The number of carbonyl (C=O) groups is 1. The Morgan fingerprint density at radius 3 is 2.69 bits per heavy atom. The number of piperidine rings is 1. The fraction of sp³-hybridized carbons (Fsp3) is 0.591. The molecule has 1 aromatic heterocycles. The maximum Gasteiger partial charge on any atom is 0.220 e.